The molecule has 0 saturated carbocycles. The van der Waals surface area contributed by atoms with Gasteiger partial charge >= 0.3 is 6.09 Å². The molecule has 1 atom stereocenters. The Morgan fingerprint density at radius 1 is 1.43 bits per heavy atom. The molecule has 3 rings (SSSR count). The maximum absolute atomic E-state index is 10.9. The first-order valence-electron chi connectivity index (χ1n) is 6.74. The van der Waals surface area contributed by atoms with E-state index >= 15 is 0 Å². The Labute approximate surface area is 122 Å². The molecule has 0 fully saturated rings. The predicted octanol–water partition coefficient (Wildman–Crippen LogP) is 2.93. The fourth-order valence-corrected chi connectivity index (χ4v) is 2.61. The Morgan fingerprint density at radius 2 is 2.29 bits per heavy atom. The summed E-state index contributed by atoms with van der Waals surface area (Å²) in [6.45, 7) is 0.831. The molecule has 21 heavy (non-hydrogen) atoms. The van der Waals surface area contributed by atoms with Crippen molar-refractivity contribution in [2.75, 3.05) is 13.6 Å². The van der Waals surface area contributed by atoms with E-state index in [0.29, 0.717) is 13.2 Å². The van der Waals surface area contributed by atoms with Gasteiger partial charge in [-0.15, -0.1) is 0 Å². The molecule has 108 valence electrons. The van der Waals surface area contributed by atoms with Crippen LogP contribution in [0.15, 0.2) is 42.7 Å². The van der Waals surface area contributed by atoms with Crippen molar-refractivity contribution in [3.63, 3.8) is 0 Å². The Bertz CT molecular complexity index is 658. The van der Waals surface area contributed by atoms with Gasteiger partial charge in [-0.1, -0.05) is 24.3 Å². The van der Waals surface area contributed by atoms with Crippen LogP contribution in [0.25, 0.3) is 11.1 Å². The molecular weight excluding hydrogens is 268 g/mol. The number of benzene rings is 1. The normalized spacial score (nSPS) is 16.5. The van der Waals surface area contributed by atoms with Crippen LogP contribution in [0.4, 0.5) is 4.79 Å². The molecule has 1 aliphatic heterocycles. The Morgan fingerprint density at radius 3 is 3.00 bits per heavy atom. The van der Waals surface area contributed by atoms with Crippen molar-refractivity contribution in [2.45, 2.75) is 12.7 Å². The van der Waals surface area contributed by atoms with Crippen molar-refractivity contribution in [3.8, 4) is 11.1 Å². The van der Waals surface area contributed by atoms with Gasteiger partial charge in [0.25, 0.3) is 0 Å². The molecule has 5 heteroatoms. The first-order valence-corrected chi connectivity index (χ1v) is 6.74. The third-order valence-electron chi connectivity index (χ3n) is 3.73. The Balaban J connectivity index is 1.93. The number of carbonyl (C=O) groups is 1. The molecule has 1 aromatic carbocycles. The van der Waals surface area contributed by atoms with Crippen LogP contribution in [0, 0.1) is 0 Å². The number of fused-ring (bicyclic) bond motifs is 1. The summed E-state index contributed by atoms with van der Waals surface area (Å²) in [7, 11) is 1.55. The lowest BCUT2D eigenvalue weighted by Gasteiger charge is -2.18. The Kier molecular flexibility index (Phi) is 3.58. The van der Waals surface area contributed by atoms with Gasteiger partial charge in [-0.3, -0.25) is 4.98 Å². The zero-order valence-corrected chi connectivity index (χ0v) is 11.7. The van der Waals surface area contributed by atoms with E-state index in [2.05, 4.69) is 4.98 Å². The van der Waals surface area contributed by atoms with Crippen molar-refractivity contribution in [3.05, 3.63) is 53.9 Å². The number of hydrogen-bond donors (Lipinski definition) is 1. The summed E-state index contributed by atoms with van der Waals surface area (Å²) >= 11 is 0. The number of nitrogens with zero attached hydrogens (tertiary/aromatic N) is 2. The second-order valence-electron chi connectivity index (χ2n) is 5.08. The van der Waals surface area contributed by atoms with Crippen molar-refractivity contribution in [1.29, 1.82) is 0 Å². The van der Waals surface area contributed by atoms with E-state index in [0.717, 1.165) is 22.3 Å². The lowest BCUT2D eigenvalue weighted by Crippen LogP contribution is -2.29. The number of carboxylic acid groups (broad SMARTS) is 1. The van der Waals surface area contributed by atoms with E-state index < -0.39 is 6.09 Å². The third-order valence-corrected chi connectivity index (χ3v) is 3.73. The van der Waals surface area contributed by atoms with Crippen LogP contribution in [0.3, 0.4) is 0 Å². The standard InChI is InChI=1S/C16H16N2O3/c1-18(16(19)20)9-15-13-6-2-5-12(14(13)10-21-15)11-4-3-7-17-8-11/h2-8,15H,9-10H2,1H3,(H,19,20). The molecule has 0 aliphatic carbocycles. The molecule has 1 N–H and O–H groups in total. The van der Waals surface area contributed by atoms with Gasteiger partial charge in [0.05, 0.1) is 13.2 Å². The number of likely N-dealkylation sites (N-methyl/N-ethyl adjacent to an activating group) is 1. The van der Waals surface area contributed by atoms with Gasteiger partial charge in [0, 0.05) is 25.0 Å². The lowest BCUT2D eigenvalue weighted by atomic mass is 9.96. The van der Waals surface area contributed by atoms with Crippen LogP contribution in [-0.2, 0) is 11.3 Å². The zero-order chi connectivity index (χ0) is 14.8. The van der Waals surface area contributed by atoms with Gasteiger partial charge in [-0.25, -0.2) is 4.79 Å². The minimum absolute atomic E-state index is 0.210. The highest BCUT2D eigenvalue weighted by molar-refractivity contribution is 5.69. The number of amides is 1. The largest absolute Gasteiger partial charge is 0.465 e. The van der Waals surface area contributed by atoms with Crippen molar-refractivity contribution in [1.82, 2.24) is 9.88 Å². The summed E-state index contributed by atoms with van der Waals surface area (Å²) in [5.74, 6) is 0. The monoisotopic (exact) mass is 284 g/mol. The molecule has 2 heterocycles. The van der Waals surface area contributed by atoms with E-state index in [9.17, 15) is 4.79 Å². The number of ether oxygens (including phenoxy) is 1. The van der Waals surface area contributed by atoms with Gasteiger partial charge in [0.2, 0.25) is 0 Å². The third kappa shape index (κ3) is 2.60. The highest BCUT2D eigenvalue weighted by Gasteiger charge is 2.27. The minimum atomic E-state index is -0.949. The van der Waals surface area contributed by atoms with Gasteiger partial charge < -0.3 is 14.7 Å². The van der Waals surface area contributed by atoms with E-state index in [1.807, 2.05) is 36.5 Å². The molecule has 1 aromatic heterocycles. The Hall–Kier alpha value is -2.40. The van der Waals surface area contributed by atoms with Gasteiger partial charge in [-0.05, 0) is 22.8 Å². The van der Waals surface area contributed by atoms with E-state index in [1.165, 1.54) is 4.90 Å². The van der Waals surface area contributed by atoms with Crippen molar-refractivity contribution >= 4 is 6.09 Å². The molecular formula is C16H16N2O3. The molecule has 0 radical (unpaired) electrons. The summed E-state index contributed by atoms with van der Waals surface area (Å²) in [5.41, 5.74) is 4.32. The maximum atomic E-state index is 10.9. The minimum Gasteiger partial charge on any atom is -0.465 e. The molecule has 2 aromatic rings. The average Bonchev–Trinajstić information content (AvgIpc) is 2.91. The van der Waals surface area contributed by atoms with Crippen molar-refractivity contribution < 1.29 is 14.6 Å². The lowest BCUT2D eigenvalue weighted by molar-refractivity contribution is 0.0428. The predicted molar refractivity (Wildman–Crippen MR) is 77.9 cm³/mol. The van der Waals surface area contributed by atoms with Crippen molar-refractivity contribution in [2.24, 2.45) is 0 Å². The first-order chi connectivity index (χ1) is 10.2. The average molecular weight is 284 g/mol. The summed E-state index contributed by atoms with van der Waals surface area (Å²) in [5, 5.41) is 8.99. The first kappa shape index (κ1) is 13.6. The number of hydrogen-bond acceptors (Lipinski definition) is 3. The van der Waals surface area contributed by atoms with Gasteiger partial charge in [-0.2, -0.15) is 0 Å². The molecule has 1 aliphatic rings. The maximum Gasteiger partial charge on any atom is 0.407 e. The molecule has 5 nitrogen and oxygen atoms in total. The van der Waals surface area contributed by atoms with E-state index in [1.54, 1.807) is 13.2 Å². The van der Waals surface area contributed by atoms with E-state index in [-0.39, 0.29) is 6.10 Å². The van der Waals surface area contributed by atoms with Crippen LogP contribution >= 0.6 is 0 Å². The van der Waals surface area contributed by atoms with Gasteiger partial charge in [0.1, 0.15) is 6.10 Å². The quantitative estimate of drug-likeness (QED) is 0.941. The molecule has 0 spiro atoms. The fraction of sp³-hybridized carbons (Fsp3) is 0.250. The number of rotatable bonds is 3. The second kappa shape index (κ2) is 5.54. The molecule has 0 saturated heterocycles. The van der Waals surface area contributed by atoms with Crippen LogP contribution in [-0.4, -0.2) is 34.7 Å². The van der Waals surface area contributed by atoms with Crippen LogP contribution in [0.5, 0.6) is 0 Å². The van der Waals surface area contributed by atoms with Crippen LogP contribution < -0.4 is 0 Å². The molecule has 0 bridgehead atoms. The topological polar surface area (TPSA) is 62.7 Å². The van der Waals surface area contributed by atoms with Gasteiger partial charge in [0.15, 0.2) is 0 Å². The SMILES string of the molecule is CN(CC1OCc2c(-c3cccnc3)cccc21)C(=O)O. The zero-order valence-electron chi connectivity index (χ0n) is 11.7. The molecule has 1 unspecified atom stereocenters. The summed E-state index contributed by atoms with van der Waals surface area (Å²) in [4.78, 5) is 16.3. The second-order valence-corrected chi connectivity index (χ2v) is 5.08. The molecule has 1 amide bonds. The summed E-state index contributed by atoms with van der Waals surface area (Å²) < 4.78 is 5.78. The van der Waals surface area contributed by atoms with E-state index in [4.69, 9.17) is 9.84 Å². The van der Waals surface area contributed by atoms with Crippen LogP contribution in [0.1, 0.15) is 17.2 Å². The van der Waals surface area contributed by atoms with Crippen LogP contribution in [0.2, 0.25) is 0 Å². The smallest absolute Gasteiger partial charge is 0.407 e. The number of aromatic nitrogens is 1. The summed E-state index contributed by atoms with van der Waals surface area (Å²) in [6.07, 6.45) is 2.41. The fourth-order valence-electron chi connectivity index (χ4n) is 2.61. The number of pyridine rings is 1. The highest BCUT2D eigenvalue weighted by Crippen LogP contribution is 2.37. The summed E-state index contributed by atoms with van der Waals surface area (Å²) in [6, 6.07) is 9.94. The highest BCUT2D eigenvalue weighted by atomic mass is 16.5.